The molecule has 1 saturated heterocycles. The molecule has 0 unspecified atom stereocenters. The van der Waals surface area contributed by atoms with E-state index in [0.717, 1.165) is 13.0 Å². The van der Waals surface area contributed by atoms with Gasteiger partial charge in [0, 0.05) is 12.6 Å². The molecule has 0 aromatic carbocycles. The van der Waals surface area contributed by atoms with Crippen LogP contribution in [0.4, 0.5) is 0 Å². The quantitative estimate of drug-likeness (QED) is 0.209. The molecule has 0 amide bonds. The summed E-state index contributed by atoms with van der Waals surface area (Å²) in [7, 11) is 0. The lowest BCUT2D eigenvalue weighted by atomic mass is 10.1. The van der Waals surface area contributed by atoms with E-state index < -0.39 is 0 Å². The number of aromatic nitrogens is 1. The fraction of sp³-hybridized carbons (Fsp3) is 0.571. The summed E-state index contributed by atoms with van der Waals surface area (Å²) in [6.45, 7) is 3.97. The molecule has 1 aliphatic rings. The number of nitrogens with two attached hydrogens (primary N) is 1. The van der Waals surface area contributed by atoms with Gasteiger partial charge in [-0.05, 0) is 38.4 Å². The van der Waals surface area contributed by atoms with Crippen molar-refractivity contribution in [3.63, 3.8) is 0 Å². The molecular weight excluding hydrogens is 256 g/mol. The van der Waals surface area contributed by atoms with Crippen molar-refractivity contribution in [2.24, 2.45) is 10.9 Å². The summed E-state index contributed by atoms with van der Waals surface area (Å²) in [4.78, 5) is 7.66. The van der Waals surface area contributed by atoms with Crippen LogP contribution in [0.25, 0.3) is 0 Å². The average molecular weight is 278 g/mol. The van der Waals surface area contributed by atoms with Gasteiger partial charge >= 0.3 is 0 Å². The summed E-state index contributed by atoms with van der Waals surface area (Å²) < 4.78 is 0.689. The first-order valence-electron chi connectivity index (χ1n) is 7.13. The van der Waals surface area contributed by atoms with Crippen LogP contribution in [0, 0.1) is 5.21 Å². The largest absolute Gasteiger partial charge is 0.619 e. The van der Waals surface area contributed by atoms with Crippen LogP contribution in [-0.4, -0.2) is 37.0 Å². The van der Waals surface area contributed by atoms with Gasteiger partial charge in [0.25, 0.3) is 0 Å². The fourth-order valence-corrected chi connectivity index (χ4v) is 2.31. The molecule has 0 radical (unpaired) electrons. The molecule has 0 bridgehead atoms. The molecule has 2 N–H and O–H groups in total. The van der Waals surface area contributed by atoms with Crippen LogP contribution in [0.1, 0.15) is 31.2 Å². The Morgan fingerprint density at radius 1 is 1.40 bits per heavy atom. The highest BCUT2D eigenvalue weighted by molar-refractivity contribution is 5.96. The Labute approximate surface area is 119 Å². The first kappa shape index (κ1) is 14.6. The monoisotopic (exact) mass is 278 g/mol. The van der Waals surface area contributed by atoms with Crippen LogP contribution in [0.3, 0.4) is 0 Å². The van der Waals surface area contributed by atoms with E-state index in [0.29, 0.717) is 16.9 Å². The predicted octanol–water partition coefficient (Wildman–Crippen LogP) is 0.833. The zero-order valence-corrected chi connectivity index (χ0v) is 11.7. The van der Waals surface area contributed by atoms with Crippen molar-refractivity contribution < 1.29 is 9.57 Å². The first-order valence-corrected chi connectivity index (χ1v) is 7.13. The predicted molar refractivity (Wildman–Crippen MR) is 77.0 cm³/mol. The Morgan fingerprint density at radius 3 is 2.95 bits per heavy atom. The number of likely N-dealkylation sites (tertiary alicyclic amines) is 1. The van der Waals surface area contributed by atoms with Crippen LogP contribution in [0.15, 0.2) is 29.7 Å². The van der Waals surface area contributed by atoms with E-state index in [-0.39, 0.29) is 5.84 Å². The highest BCUT2D eigenvalue weighted by Crippen LogP contribution is 2.08. The summed E-state index contributed by atoms with van der Waals surface area (Å²) in [5.41, 5.74) is 6.32. The minimum absolute atomic E-state index is 0.230. The van der Waals surface area contributed by atoms with Gasteiger partial charge < -0.3 is 20.7 Å². The normalized spacial score (nSPS) is 17.1. The molecule has 0 atom stereocenters. The number of piperidine rings is 1. The number of rotatable bonds is 6. The highest BCUT2D eigenvalue weighted by atomic mass is 16.6. The third kappa shape index (κ3) is 4.70. The summed E-state index contributed by atoms with van der Waals surface area (Å²) in [5.74, 6) is 0.230. The van der Waals surface area contributed by atoms with Gasteiger partial charge in [0.2, 0.25) is 0 Å². The van der Waals surface area contributed by atoms with Gasteiger partial charge in [0.15, 0.2) is 18.2 Å². The topological polar surface area (TPSA) is 77.8 Å². The van der Waals surface area contributed by atoms with E-state index in [1.54, 1.807) is 12.1 Å². The molecule has 1 fully saturated rings. The van der Waals surface area contributed by atoms with Crippen molar-refractivity contribution in [2.75, 3.05) is 26.2 Å². The molecule has 6 nitrogen and oxygen atoms in total. The Hall–Kier alpha value is -1.82. The summed E-state index contributed by atoms with van der Waals surface area (Å²) >= 11 is 0. The molecule has 0 saturated carbocycles. The first-order chi connectivity index (χ1) is 9.75. The molecule has 1 aliphatic heterocycles. The van der Waals surface area contributed by atoms with Gasteiger partial charge in [-0.25, -0.2) is 0 Å². The average Bonchev–Trinajstić information content (AvgIpc) is 2.48. The number of amidine groups is 1. The zero-order chi connectivity index (χ0) is 14.2. The van der Waals surface area contributed by atoms with Crippen LogP contribution in [-0.2, 0) is 4.84 Å². The second kappa shape index (κ2) is 7.69. The molecule has 0 aliphatic carbocycles. The molecule has 0 spiro atoms. The molecule has 1 aromatic heterocycles. The van der Waals surface area contributed by atoms with Crippen molar-refractivity contribution in [3.05, 3.63) is 35.3 Å². The molecule has 110 valence electrons. The highest BCUT2D eigenvalue weighted by Gasteiger charge is 2.09. The smallest absolute Gasteiger partial charge is 0.191 e. The van der Waals surface area contributed by atoms with Crippen LogP contribution >= 0.6 is 0 Å². The molecule has 1 aromatic rings. The standard InChI is InChI=1S/C14H22N4O2/c15-14(13-6-4-10-18(19)12-13)16-20-11-5-9-17-7-2-1-3-8-17/h4,6,10,12H,1-3,5,7-9,11H2,(H2,15,16). The van der Waals surface area contributed by atoms with E-state index in [9.17, 15) is 5.21 Å². The van der Waals surface area contributed by atoms with Gasteiger partial charge in [0.1, 0.15) is 6.61 Å². The number of hydrogen-bond donors (Lipinski definition) is 1. The van der Waals surface area contributed by atoms with Gasteiger partial charge in [-0.2, -0.15) is 4.73 Å². The van der Waals surface area contributed by atoms with Crippen molar-refractivity contribution in [1.82, 2.24) is 4.90 Å². The van der Waals surface area contributed by atoms with Gasteiger partial charge in [-0.3, -0.25) is 0 Å². The molecule has 2 rings (SSSR count). The summed E-state index contributed by atoms with van der Waals surface area (Å²) in [6, 6.07) is 3.35. The maximum atomic E-state index is 11.1. The SMILES string of the molecule is NC(=NOCCCN1CCCCC1)c1ccc[n+]([O-])c1. The minimum atomic E-state index is 0.230. The number of oxime groups is 1. The maximum absolute atomic E-state index is 11.1. The zero-order valence-electron chi connectivity index (χ0n) is 11.7. The van der Waals surface area contributed by atoms with E-state index in [1.807, 2.05) is 0 Å². The second-order valence-corrected chi connectivity index (χ2v) is 5.02. The van der Waals surface area contributed by atoms with Gasteiger partial charge in [-0.15, -0.1) is 0 Å². The van der Waals surface area contributed by atoms with Crippen molar-refractivity contribution in [2.45, 2.75) is 25.7 Å². The Bertz CT molecular complexity index is 445. The number of pyridine rings is 1. The van der Waals surface area contributed by atoms with Gasteiger partial charge in [-0.1, -0.05) is 11.6 Å². The van der Waals surface area contributed by atoms with E-state index in [1.165, 1.54) is 44.7 Å². The third-order valence-electron chi connectivity index (χ3n) is 3.39. The Morgan fingerprint density at radius 2 is 2.20 bits per heavy atom. The summed E-state index contributed by atoms with van der Waals surface area (Å²) in [5, 5.41) is 14.9. The number of nitrogens with zero attached hydrogens (tertiary/aromatic N) is 3. The summed E-state index contributed by atoms with van der Waals surface area (Å²) in [6.07, 6.45) is 7.66. The van der Waals surface area contributed by atoms with Crippen LogP contribution in [0.2, 0.25) is 0 Å². The lowest BCUT2D eigenvalue weighted by Crippen LogP contribution is -2.31. The van der Waals surface area contributed by atoms with Crippen molar-refractivity contribution in [1.29, 1.82) is 0 Å². The van der Waals surface area contributed by atoms with Crippen molar-refractivity contribution >= 4 is 5.84 Å². The Balaban J connectivity index is 1.67. The molecule has 2 heterocycles. The third-order valence-corrected chi connectivity index (χ3v) is 3.39. The molecular formula is C14H22N4O2. The van der Waals surface area contributed by atoms with Gasteiger partial charge in [0.05, 0.1) is 5.56 Å². The lowest BCUT2D eigenvalue weighted by molar-refractivity contribution is -0.605. The van der Waals surface area contributed by atoms with Crippen LogP contribution < -0.4 is 10.5 Å². The molecule has 20 heavy (non-hydrogen) atoms. The fourth-order valence-electron chi connectivity index (χ4n) is 2.31. The van der Waals surface area contributed by atoms with E-state index >= 15 is 0 Å². The van der Waals surface area contributed by atoms with E-state index in [2.05, 4.69) is 10.1 Å². The Kier molecular flexibility index (Phi) is 5.61. The van der Waals surface area contributed by atoms with Crippen molar-refractivity contribution in [3.8, 4) is 0 Å². The minimum Gasteiger partial charge on any atom is -0.619 e. The lowest BCUT2D eigenvalue weighted by Gasteiger charge is -2.25. The van der Waals surface area contributed by atoms with E-state index in [4.69, 9.17) is 10.6 Å². The van der Waals surface area contributed by atoms with Crippen LogP contribution in [0.5, 0.6) is 0 Å². The maximum Gasteiger partial charge on any atom is 0.191 e. The number of hydrogen-bond acceptors (Lipinski definition) is 4. The molecule has 6 heteroatoms. The second-order valence-electron chi connectivity index (χ2n) is 5.02.